The van der Waals surface area contributed by atoms with E-state index in [0.29, 0.717) is 51.1 Å². The molecule has 2 saturated heterocycles. The summed E-state index contributed by atoms with van der Waals surface area (Å²) >= 11 is 0. The van der Waals surface area contributed by atoms with Gasteiger partial charge in [-0.15, -0.1) is 0 Å². The van der Waals surface area contributed by atoms with Crippen LogP contribution in [-0.2, 0) is 21.1 Å². The molecule has 0 aliphatic carbocycles. The molecule has 1 spiro atoms. The average molecular weight is 385 g/mol. The van der Waals surface area contributed by atoms with Gasteiger partial charge in [-0.2, -0.15) is 13.2 Å². The van der Waals surface area contributed by atoms with Gasteiger partial charge >= 0.3 is 6.18 Å². The van der Waals surface area contributed by atoms with Crippen LogP contribution >= 0.6 is 0 Å². The molecule has 2 heterocycles. The number of aliphatic hydroxyl groups is 1. The van der Waals surface area contributed by atoms with Crippen molar-refractivity contribution < 1.29 is 27.8 Å². The van der Waals surface area contributed by atoms with Crippen molar-refractivity contribution in [3.8, 4) is 0 Å². The molecule has 1 amide bonds. The molecule has 4 nitrogen and oxygen atoms in total. The third-order valence-electron chi connectivity index (χ3n) is 6.13. The molecule has 1 aromatic carbocycles. The van der Waals surface area contributed by atoms with E-state index in [1.54, 1.807) is 18.7 Å². The van der Waals surface area contributed by atoms with Crippen molar-refractivity contribution in [2.45, 2.75) is 50.8 Å². The van der Waals surface area contributed by atoms with Gasteiger partial charge in [0.15, 0.2) is 0 Å². The minimum Gasteiger partial charge on any atom is -0.392 e. The highest BCUT2D eigenvalue weighted by molar-refractivity contribution is 5.87. The Labute approximate surface area is 157 Å². The van der Waals surface area contributed by atoms with E-state index in [9.17, 15) is 23.1 Å². The van der Waals surface area contributed by atoms with Crippen LogP contribution < -0.4 is 0 Å². The molecular formula is C20H26F3NO3. The second-order valence-corrected chi connectivity index (χ2v) is 8.21. The van der Waals surface area contributed by atoms with Crippen LogP contribution in [0.5, 0.6) is 0 Å². The molecule has 150 valence electrons. The van der Waals surface area contributed by atoms with E-state index in [1.165, 1.54) is 12.1 Å². The van der Waals surface area contributed by atoms with Crippen molar-refractivity contribution >= 4 is 5.91 Å². The fourth-order valence-corrected chi connectivity index (χ4v) is 4.19. The van der Waals surface area contributed by atoms with Crippen molar-refractivity contribution in [1.29, 1.82) is 0 Å². The van der Waals surface area contributed by atoms with Crippen LogP contribution in [-0.4, -0.2) is 48.3 Å². The highest BCUT2D eigenvalue weighted by Crippen LogP contribution is 2.41. The van der Waals surface area contributed by atoms with Crippen LogP contribution in [0.25, 0.3) is 0 Å². The predicted octanol–water partition coefficient (Wildman–Crippen LogP) is 3.37. The molecule has 2 fully saturated rings. The van der Waals surface area contributed by atoms with Crippen LogP contribution in [0.2, 0.25) is 0 Å². The van der Waals surface area contributed by atoms with Crippen molar-refractivity contribution in [1.82, 2.24) is 4.90 Å². The predicted molar refractivity (Wildman–Crippen MR) is 94.2 cm³/mol. The first kappa shape index (κ1) is 20.1. The summed E-state index contributed by atoms with van der Waals surface area (Å²) in [6, 6.07) is 4.79. The van der Waals surface area contributed by atoms with Gasteiger partial charge < -0.3 is 14.7 Å². The van der Waals surface area contributed by atoms with Crippen molar-refractivity contribution in [3.05, 3.63) is 35.4 Å². The number of piperidine rings is 1. The van der Waals surface area contributed by atoms with Crippen molar-refractivity contribution in [2.24, 2.45) is 5.41 Å². The number of amides is 1. The molecule has 1 N–H and O–H groups in total. The van der Waals surface area contributed by atoms with Gasteiger partial charge in [0.1, 0.15) is 0 Å². The lowest BCUT2D eigenvalue weighted by Crippen LogP contribution is -2.58. The number of alkyl halides is 3. The van der Waals surface area contributed by atoms with Crippen molar-refractivity contribution in [3.63, 3.8) is 0 Å². The van der Waals surface area contributed by atoms with E-state index < -0.39 is 23.3 Å². The largest absolute Gasteiger partial charge is 0.416 e. The van der Waals surface area contributed by atoms with Gasteiger partial charge in [-0.3, -0.25) is 4.79 Å². The number of likely N-dealkylation sites (tertiary alicyclic amines) is 1. The van der Waals surface area contributed by atoms with Gasteiger partial charge in [-0.05, 0) is 50.8 Å². The highest BCUT2D eigenvalue weighted by Gasteiger charge is 2.47. The maximum atomic E-state index is 13.2. The van der Waals surface area contributed by atoms with Gasteiger partial charge in [-0.1, -0.05) is 12.1 Å². The number of ether oxygens (including phenoxy) is 1. The van der Waals surface area contributed by atoms with E-state index >= 15 is 0 Å². The zero-order chi connectivity index (χ0) is 19.9. The Balaban J connectivity index is 1.79. The molecule has 2 aliphatic rings. The smallest absolute Gasteiger partial charge is 0.392 e. The number of aliphatic hydroxyl groups excluding tert-OH is 1. The van der Waals surface area contributed by atoms with E-state index in [-0.39, 0.29) is 11.3 Å². The topological polar surface area (TPSA) is 49.8 Å². The van der Waals surface area contributed by atoms with Gasteiger partial charge in [-0.25, -0.2) is 0 Å². The van der Waals surface area contributed by atoms with Gasteiger partial charge in [0.2, 0.25) is 5.91 Å². The summed E-state index contributed by atoms with van der Waals surface area (Å²) in [5.41, 5.74) is -1.47. The van der Waals surface area contributed by atoms with Crippen LogP contribution in [0.15, 0.2) is 24.3 Å². The average Bonchev–Trinajstić information content (AvgIpc) is 2.63. The number of halogens is 3. The molecule has 1 unspecified atom stereocenters. The summed E-state index contributed by atoms with van der Waals surface area (Å²) in [5, 5.41) is 10.5. The molecule has 0 saturated carbocycles. The summed E-state index contributed by atoms with van der Waals surface area (Å²) < 4.78 is 43.8. The second-order valence-electron chi connectivity index (χ2n) is 8.21. The number of carbonyl (C=O) groups excluding carboxylic acids is 1. The first-order valence-electron chi connectivity index (χ1n) is 9.29. The Morgan fingerprint density at radius 3 is 2.26 bits per heavy atom. The zero-order valence-electron chi connectivity index (χ0n) is 15.7. The first-order chi connectivity index (χ1) is 12.6. The minimum absolute atomic E-state index is 0.125. The van der Waals surface area contributed by atoms with Gasteiger partial charge in [0.05, 0.1) is 17.1 Å². The lowest BCUT2D eigenvalue weighted by molar-refractivity contribution is -0.150. The molecule has 0 bridgehead atoms. The summed E-state index contributed by atoms with van der Waals surface area (Å²) in [5.74, 6) is -0.125. The van der Waals surface area contributed by atoms with Crippen LogP contribution in [0.1, 0.15) is 44.2 Å². The van der Waals surface area contributed by atoms with Crippen molar-refractivity contribution in [2.75, 3.05) is 26.3 Å². The Morgan fingerprint density at radius 2 is 1.70 bits per heavy atom. The molecule has 1 aromatic rings. The van der Waals surface area contributed by atoms with Crippen LogP contribution in [0.3, 0.4) is 0 Å². The van der Waals surface area contributed by atoms with Crippen LogP contribution in [0, 0.1) is 5.41 Å². The standard InChI is InChI=1S/C20H26F3NO3/c1-18(2,14-3-5-15(6-4-14)20(21,22)23)17(26)24-10-7-16(25)19(13-24)8-11-27-12-9-19/h3-6,16,25H,7-13H2,1-2H3. The molecule has 0 radical (unpaired) electrons. The van der Waals surface area contributed by atoms with Gasteiger partial charge in [0, 0.05) is 31.7 Å². The second kappa shape index (κ2) is 7.09. The highest BCUT2D eigenvalue weighted by atomic mass is 19.4. The van der Waals surface area contributed by atoms with Crippen LogP contribution in [0.4, 0.5) is 13.2 Å². The van der Waals surface area contributed by atoms with E-state index in [1.807, 2.05) is 0 Å². The maximum absolute atomic E-state index is 13.2. The molecule has 3 rings (SSSR count). The first-order valence-corrected chi connectivity index (χ1v) is 9.29. The number of hydrogen-bond donors (Lipinski definition) is 1. The van der Waals surface area contributed by atoms with E-state index in [4.69, 9.17) is 4.74 Å². The normalized spacial score (nSPS) is 23.5. The molecule has 27 heavy (non-hydrogen) atoms. The fourth-order valence-electron chi connectivity index (χ4n) is 4.19. The fraction of sp³-hybridized carbons (Fsp3) is 0.650. The van der Waals surface area contributed by atoms with E-state index in [2.05, 4.69) is 0 Å². The number of rotatable bonds is 2. The third kappa shape index (κ3) is 3.85. The van der Waals surface area contributed by atoms with Gasteiger partial charge in [0.25, 0.3) is 0 Å². The Hall–Kier alpha value is -1.60. The molecular weight excluding hydrogens is 359 g/mol. The summed E-state index contributed by atoms with van der Waals surface area (Å²) in [7, 11) is 0. The maximum Gasteiger partial charge on any atom is 0.416 e. The molecule has 7 heteroatoms. The van der Waals surface area contributed by atoms with E-state index in [0.717, 1.165) is 12.1 Å². The number of nitrogens with zero attached hydrogens (tertiary/aromatic N) is 1. The minimum atomic E-state index is -4.40. The number of hydrogen-bond acceptors (Lipinski definition) is 3. The zero-order valence-corrected chi connectivity index (χ0v) is 15.7. The molecule has 2 aliphatic heterocycles. The Morgan fingerprint density at radius 1 is 1.15 bits per heavy atom. The summed E-state index contributed by atoms with van der Waals surface area (Å²) in [6.45, 7) is 5.52. The monoisotopic (exact) mass is 385 g/mol. The Bertz CT molecular complexity index is 679. The molecule has 1 atom stereocenters. The summed E-state index contributed by atoms with van der Waals surface area (Å²) in [6.07, 6.45) is -2.93. The number of carbonyl (C=O) groups is 1. The quantitative estimate of drug-likeness (QED) is 0.849. The summed E-state index contributed by atoms with van der Waals surface area (Å²) in [4.78, 5) is 15.0. The lowest BCUT2D eigenvalue weighted by atomic mass is 9.71. The third-order valence-corrected chi connectivity index (χ3v) is 6.13. The Kier molecular flexibility index (Phi) is 5.29. The SMILES string of the molecule is CC(C)(C(=O)N1CCC(O)C2(CCOCC2)C1)c1ccc(C(F)(F)F)cc1. The molecule has 0 aromatic heterocycles. The number of benzene rings is 1. The lowest BCUT2D eigenvalue weighted by Gasteiger charge is -2.49.